The summed E-state index contributed by atoms with van der Waals surface area (Å²) in [5.74, 6) is 0.369. The fraction of sp³-hybridized carbons (Fsp3) is 0.415. The molecular formula is C41H49N5O5Si. The summed E-state index contributed by atoms with van der Waals surface area (Å²) >= 11 is 0. The van der Waals surface area contributed by atoms with Crippen molar-refractivity contribution in [3.8, 4) is 5.75 Å². The Hall–Kier alpha value is -4.58. The second-order valence-electron chi connectivity index (χ2n) is 14.9. The highest BCUT2D eigenvalue weighted by Gasteiger charge is 2.66. The summed E-state index contributed by atoms with van der Waals surface area (Å²) in [6.07, 6.45) is 6.35. The monoisotopic (exact) mass is 719 g/mol. The van der Waals surface area contributed by atoms with Crippen LogP contribution in [-0.4, -0.2) is 72.9 Å². The highest BCUT2D eigenvalue weighted by atomic mass is 28.3. The third kappa shape index (κ3) is 6.08. The standard InChI is InChI=1S/C41H49N5O5Si/c1-6-22-46-36-20-15-30(45-23-11-10-14-38(45)48)25-34(36)41(40(46)49)28(2)39(52(4,5)32-18-16-31(50-3)17-19-32)37(51-41)21-24-44-26-35(42-43-44)33(27-47)29-12-8-7-9-13-29/h6-9,12-13,15-20,25-26,28,33,37,39,47H,1,10-11,14,21-24,27H2,2-5H3/t28-,33?,37+,39-,41+/m1/s1. The number of aliphatic hydroxyl groups is 1. The Labute approximate surface area is 307 Å². The number of benzene rings is 3. The first-order valence-electron chi connectivity index (χ1n) is 18.4. The number of carbonyl (C=O) groups is 2. The van der Waals surface area contributed by atoms with Crippen molar-refractivity contribution in [1.82, 2.24) is 15.0 Å². The van der Waals surface area contributed by atoms with Crippen LogP contribution in [0.3, 0.4) is 0 Å². The normalized spacial score (nSPS) is 23.7. The Kier molecular flexibility index (Phi) is 9.95. The van der Waals surface area contributed by atoms with Gasteiger partial charge >= 0.3 is 0 Å². The first kappa shape index (κ1) is 35.8. The Morgan fingerprint density at radius 3 is 2.56 bits per heavy atom. The topological polar surface area (TPSA) is 110 Å². The highest BCUT2D eigenvalue weighted by Crippen LogP contribution is 2.60. The zero-order valence-electron chi connectivity index (χ0n) is 30.6. The van der Waals surface area contributed by atoms with E-state index >= 15 is 0 Å². The van der Waals surface area contributed by atoms with E-state index in [9.17, 15) is 14.7 Å². The van der Waals surface area contributed by atoms with Crippen LogP contribution in [0.4, 0.5) is 11.4 Å². The van der Waals surface area contributed by atoms with Gasteiger partial charge in [0.2, 0.25) is 5.91 Å². The van der Waals surface area contributed by atoms with Gasteiger partial charge in [-0.05, 0) is 60.7 Å². The van der Waals surface area contributed by atoms with Crippen LogP contribution in [0.2, 0.25) is 18.6 Å². The number of fused-ring (bicyclic) bond motifs is 2. The number of rotatable bonds is 12. The van der Waals surface area contributed by atoms with Gasteiger partial charge in [-0.25, -0.2) is 0 Å². The van der Waals surface area contributed by atoms with Gasteiger partial charge in [-0.2, -0.15) is 0 Å². The van der Waals surface area contributed by atoms with Crippen molar-refractivity contribution >= 4 is 36.4 Å². The number of nitrogens with zero attached hydrogens (tertiary/aromatic N) is 5. The first-order valence-corrected chi connectivity index (χ1v) is 21.5. The predicted octanol–water partition coefficient (Wildman–Crippen LogP) is 5.77. The molecule has 5 atom stereocenters. The quantitative estimate of drug-likeness (QED) is 0.146. The largest absolute Gasteiger partial charge is 0.497 e. The molecule has 1 N–H and O–H groups in total. The van der Waals surface area contributed by atoms with E-state index in [4.69, 9.17) is 9.47 Å². The molecule has 4 heterocycles. The average Bonchev–Trinajstić information content (AvgIpc) is 3.82. The van der Waals surface area contributed by atoms with Gasteiger partial charge in [0, 0.05) is 49.4 Å². The minimum Gasteiger partial charge on any atom is -0.497 e. The number of aliphatic hydroxyl groups excluding tert-OH is 1. The van der Waals surface area contributed by atoms with Crippen molar-refractivity contribution < 1.29 is 24.2 Å². The lowest BCUT2D eigenvalue weighted by Crippen LogP contribution is -2.52. The number of hydrogen-bond acceptors (Lipinski definition) is 7. The maximum absolute atomic E-state index is 14.9. The lowest BCUT2D eigenvalue weighted by Gasteiger charge is -2.37. The fourth-order valence-electron chi connectivity index (χ4n) is 9.03. The van der Waals surface area contributed by atoms with E-state index < -0.39 is 13.7 Å². The number of aromatic nitrogens is 3. The lowest BCUT2D eigenvalue weighted by atomic mass is 9.82. The molecule has 2 fully saturated rings. The first-order chi connectivity index (χ1) is 25.1. The maximum atomic E-state index is 14.9. The van der Waals surface area contributed by atoms with Crippen LogP contribution >= 0.6 is 0 Å². The molecule has 3 aromatic carbocycles. The van der Waals surface area contributed by atoms with Crippen molar-refractivity contribution in [3.63, 3.8) is 0 Å². The number of carbonyl (C=O) groups excluding carboxylic acids is 2. The van der Waals surface area contributed by atoms with Crippen LogP contribution < -0.4 is 19.7 Å². The maximum Gasteiger partial charge on any atom is 0.264 e. The third-order valence-corrected chi connectivity index (χ3v) is 16.1. The van der Waals surface area contributed by atoms with Gasteiger partial charge in [-0.1, -0.05) is 79.0 Å². The minimum atomic E-state index is -2.37. The summed E-state index contributed by atoms with van der Waals surface area (Å²) in [5.41, 5.74) is 2.94. The highest BCUT2D eigenvalue weighted by molar-refractivity contribution is 6.91. The zero-order valence-corrected chi connectivity index (χ0v) is 31.6. The lowest BCUT2D eigenvalue weighted by molar-refractivity contribution is -0.145. The number of amides is 2. The molecule has 2 amide bonds. The van der Waals surface area contributed by atoms with E-state index in [0.717, 1.165) is 41.1 Å². The number of anilines is 2. The molecule has 2 saturated heterocycles. The summed E-state index contributed by atoms with van der Waals surface area (Å²) in [5, 5.41) is 20.5. The molecule has 1 aromatic heterocycles. The second kappa shape index (κ2) is 14.4. The summed E-state index contributed by atoms with van der Waals surface area (Å²) in [6, 6.07) is 24.2. The van der Waals surface area contributed by atoms with Gasteiger partial charge < -0.3 is 24.4 Å². The molecule has 10 nitrogen and oxygen atoms in total. The van der Waals surface area contributed by atoms with Crippen LogP contribution in [0, 0.1) is 5.92 Å². The van der Waals surface area contributed by atoms with Crippen molar-refractivity contribution in [1.29, 1.82) is 0 Å². The molecule has 11 heteroatoms. The minimum absolute atomic E-state index is 0.0409. The van der Waals surface area contributed by atoms with Crippen LogP contribution in [0.5, 0.6) is 5.75 Å². The van der Waals surface area contributed by atoms with Gasteiger partial charge in [0.05, 0.1) is 45.2 Å². The van der Waals surface area contributed by atoms with Crippen LogP contribution in [0.15, 0.2) is 91.6 Å². The number of hydrogen-bond donors (Lipinski definition) is 1. The third-order valence-electron chi connectivity index (χ3n) is 11.7. The van der Waals surface area contributed by atoms with Crippen LogP contribution in [-0.2, 0) is 26.5 Å². The van der Waals surface area contributed by atoms with Crippen molar-refractivity contribution in [3.05, 3.63) is 108 Å². The Balaban J connectivity index is 1.28. The van der Waals surface area contributed by atoms with Gasteiger partial charge in [-0.3, -0.25) is 14.3 Å². The predicted molar refractivity (Wildman–Crippen MR) is 205 cm³/mol. The molecule has 4 aromatic rings. The molecule has 52 heavy (non-hydrogen) atoms. The van der Waals surface area contributed by atoms with E-state index in [1.807, 2.05) is 76.4 Å². The Bertz CT molecular complexity index is 1930. The summed E-state index contributed by atoms with van der Waals surface area (Å²) in [4.78, 5) is 31.7. The molecular weight excluding hydrogens is 671 g/mol. The molecule has 0 bridgehead atoms. The molecule has 0 saturated carbocycles. The molecule has 3 aliphatic rings. The molecule has 0 aliphatic carbocycles. The van der Waals surface area contributed by atoms with E-state index in [2.05, 4.69) is 49.0 Å². The smallest absolute Gasteiger partial charge is 0.264 e. The van der Waals surface area contributed by atoms with Gasteiger partial charge in [0.1, 0.15) is 5.75 Å². The molecule has 272 valence electrons. The van der Waals surface area contributed by atoms with Gasteiger partial charge in [0.25, 0.3) is 5.91 Å². The summed E-state index contributed by atoms with van der Waals surface area (Å²) in [6.45, 7) is 12.4. The van der Waals surface area contributed by atoms with Gasteiger partial charge in [-0.15, -0.1) is 11.7 Å². The molecule has 3 aliphatic heterocycles. The number of aryl methyl sites for hydroxylation is 1. The fourth-order valence-corrected chi connectivity index (χ4v) is 13.1. The van der Waals surface area contributed by atoms with Crippen molar-refractivity contribution in [2.75, 3.05) is 36.6 Å². The molecule has 0 radical (unpaired) electrons. The zero-order chi connectivity index (χ0) is 36.6. The number of ether oxygens (including phenoxy) is 2. The average molecular weight is 720 g/mol. The molecule has 7 rings (SSSR count). The number of piperidine rings is 1. The van der Waals surface area contributed by atoms with Crippen LogP contribution in [0.1, 0.15) is 55.3 Å². The second-order valence-corrected chi connectivity index (χ2v) is 19.6. The van der Waals surface area contributed by atoms with E-state index in [0.29, 0.717) is 38.2 Å². The summed E-state index contributed by atoms with van der Waals surface area (Å²) in [7, 11) is -0.692. The van der Waals surface area contributed by atoms with Crippen LogP contribution in [0.25, 0.3) is 0 Å². The summed E-state index contributed by atoms with van der Waals surface area (Å²) < 4.78 is 14.6. The SMILES string of the molecule is C=CCN1C(=O)[C@@]2(O[C@@H](CCn3cc(C(CO)c4ccccc4)nn3)[C@H]([Si](C)(C)c3ccc(OC)cc3)[C@H]2C)c2cc(N3CCCCC3=O)ccc21. The van der Waals surface area contributed by atoms with E-state index in [1.165, 1.54) is 5.19 Å². The van der Waals surface area contributed by atoms with E-state index in [-0.39, 0.29) is 41.9 Å². The Morgan fingerprint density at radius 2 is 1.87 bits per heavy atom. The molecule has 1 unspecified atom stereocenters. The van der Waals surface area contributed by atoms with Gasteiger partial charge in [0.15, 0.2) is 5.60 Å². The van der Waals surface area contributed by atoms with Crippen molar-refractivity contribution in [2.24, 2.45) is 5.92 Å². The Morgan fingerprint density at radius 1 is 1.10 bits per heavy atom. The van der Waals surface area contributed by atoms with E-state index in [1.54, 1.807) is 18.1 Å². The molecule has 1 spiro atoms. The number of methoxy groups -OCH3 is 1. The van der Waals surface area contributed by atoms with Crippen molar-refractivity contribution in [2.45, 2.75) is 75.4 Å².